The van der Waals surface area contributed by atoms with Crippen LogP contribution in [0.5, 0.6) is 0 Å². The SMILES string of the molecule is Cc1nc2c(n1CCCCCBr)CCCC2. The normalized spacial score (nSPS) is 15.1. The van der Waals surface area contributed by atoms with Crippen molar-refractivity contribution in [2.24, 2.45) is 0 Å². The van der Waals surface area contributed by atoms with Crippen molar-refractivity contribution in [2.45, 2.75) is 58.4 Å². The first-order chi connectivity index (χ1) is 7.83. The van der Waals surface area contributed by atoms with Gasteiger partial charge in [-0.2, -0.15) is 0 Å². The van der Waals surface area contributed by atoms with E-state index in [0.717, 1.165) is 5.33 Å². The topological polar surface area (TPSA) is 17.8 Å². The number of hydrogen-bond acceptors (Lipinski definition) is 1. The van der Waals surface area contributed by atoms with Crippen LogP contribution in [0.3, 0.4) is 0 Å². The van der Waals surface area contributed by atoms with E-state index in [1.807, 2.05) is 0 Å². The maximum atomic E-state index is 4.70. The Morgan fingerprint density at radius 1 is 1.19 bits per heavy atom. The fourth-order valence-corrected chi connectivity index (χ4v) is 2.97. The molecule has 1 aliphatic rings. The molecule has 1 aliphatic carbocycles. The van der Waals surface area contributed by atoms with Gasteiger partial charge in [-0.1, -0.05) is 22.4 Å². The molecule has 0 aliphatic heterocycles. The number of aryl methyl sites for hydroxylation is 2. The van der Waals surface area contributed by atoms with Crippen molar-refractivity contribution in [2.75, 3.05) is 5.33 Å². The van der Waals surface area contributed by atoms with Crippen LogP contribution in [-0.4, -0.2) is 14.9 Å². The van der Waals surface area contributed by atoms with Crippen molar-refractivity contribution in [1.82, 2.24) is 9.55 Å². The summed E-state index contributed by atoms with van der Waals surface area (Å²) in [5.74, 6) is 1.23. The number of halogens is 1. The van der Waals surface area contributed by atoms with Crippen LogP contribution in [-0.2, 0) is 19.4 Å². The van der Waals surface area contributed by atoms with Crippen molar-refractivity contribution in [3.63, 3.8) is 0 Å². The summed E-state index contributed by atoms with van der Waals surface area (Å²) in [6.45, 7) is 3.32. The lowest BCUT2D eigenvalue weighted by Gasteiger charge is -2.14. The van der Waals surface area contributed by atoms with Gasteiger partial charge in [-0.05, 0) is 45.4 Å². The number of rotatable bonds is 5. The molecule has 0 fully saturated rings. The summed E-state index contributed by atoms with van der Waals surface area (Å²) in [4.78, 5) is 4.70. The summed E-state index contributed by atoms with van der Waals surface area (Å²) in [6.07, 6.45) is 9.01. The Balaban J connectivity index is 1.99. The predicted molar refractivity (Wildman–Crippen MR) is 71.3 cm³/mol. The molecular formula is C13H21BrN2. The van der Waals surface area contributed by atoms with Gasteiger partial charge in [-0.3, -0.25) is 0 Å². The number of fused-ring (bicyclic) bond motifs is 1. The van der Waals surface area contributed by atoms with Crippen LogP contribution in [0.1, 0.15) is 49.3 Å². The van der Waals surface area contributed by atoms with Crippen molar-refractivity contribution in [1.29, 1.82) is 0 Å². The lowest BCUT2D eigenvalue weighted by molar-refractivity contribution is 0.555. The van der Waals surface area contributed by atoms with Crippen LogP contribution >= 0.6 is 15.9 Å². The molecule has 0 spiro atoms. The Kier molecular flexibility index (Phi) is 4.45. The van der Waals surface area contributed by atoms with Gasteiger partial charge in [-0.15, -0.1) is 0 Å². The van der Waals surface area contributed by atoms with Gasteiger partial charge in [0.25, 0.3) is 0 Å². The van der Waals surface area contributed by atoms with Crippen LogP contribution in [0.25, 0.3) is 0 Å². The molecule has 1 aromatic heterocycles. The third kappa shape index (κ3) is 2.68. The van der Waals surface area contributed by atoms with Gasteiger partial charge >= 0.3 is 0 Å². The standard InChI is InChI=1S/C13H21BrN2/c1-11-15-12-7-3-4-8-13(12)16(11)10-6-2-5-9-14/h2-10H2,1H3. The fourth-order valence-electron chi connectivity index (χ4n) is 2.57. The highest BCUT2D eigenvalue weighted by Crippen LogP contribution is 2.22. The van der Waals surface area contributed by atoms with Crippen molar-refractivity contribution < 1.29 is 0 Å². The van der Waals surface area contributed by atoms with E-state index in [1.54, 1.807) is 0 Å². The van der Waals surface area contributed by atoms with Crippen LogP contribution in [0.15, 0.2) is 0 Å². The number of hydrogen-bond donors (Lipinski definition) is 0. The Morgan fingerprint density at radius 2 is 2.00 bits per heavy atom. The summed E-state index contributed by atoms with van der Waals surface area (Å²) in [6, 6.07) is 0. The molecule has 0 atom stereocenters. The number of imidazole rings is 1. The van der Waals surface area contributed by atoms with E-state index in [2.05, 4.69) is 27.4 Å². The molecule has 0 aromatic carbocycles. The molecule has 0 amide bonds. The number of alkyl halides is 1. The molecule has 0 radical (unpaired) electrons. The third-order valence-electron chi connectivity index (χ3n) is 3.44. The van der Waals surface area contributed by atoms with E-state index in [4.69, 9.17) is 4.98 Å². The minimum atomic E-state index is 1.13. The largest absolute Gasteiger partial charge is 0.332 e. The van der Waals surface area contributed by atoms with Gasteiger partial charge in [0, 0.05) is 17.6 Å². The highest BCUT2D eigenvalue weighted by molar-refractivity contribution is 9.09. The molecule has 0 N–H and O–H groups in total. The maximum absolute atomic E-state index is 4.70. The van der Waals surface area contributed by atoms with Gasteiger partial charge in [0.15, 0.2) is 0 Å². The zero-order valence-electron chi connectivity index (χ0n) is 10.1. The quantitative estimate of drug-likeness (QED) is 0.596. The molecule has 0 saturated carbocycles. The molecule has 2 rings (SSSR count). The lowest BCUT2D eigenvalue weighted by Crippen LogP contribution is -2.09. The monoisotopic (exact) mass is 284 g/mol. The van der Waals surface area contributed by atoms with Gasteiger partial charge in [0.2, 0.25) is 0 Å². The first-order valence-corrected chi connectivity index (χ1v) is 7.56. The Morgan fingerprint density at radius 3 is 2.81 bits per heavy atom. The van der Waals surface area contributed by atoms with Crippen LogP contribution in [0.4, 0.5) is 0 Å². The highest BCUT2D eigenvalue weighted by Gasteiger charge is 2.17. The second kappa shape index (κ2) is 5.85. The summed E-state index contributed by atoms with van der Waals surface area (Å²) in [5, 5.41) is 1.13. The summed E-state index contributed by atoms with van der Waals surface area (Å²) >= 11 is 3.48. The third-order valence-corrected chi connectivity index (χ3v) is 4.00. The van der Waals surface area contributed by atoms with Crippen LogP contribution in [0, 0.1) is 6.92 Å². The van der Waals surface area contributed by atoms with Gasteiger partial charge in [0.1, 0.15) is 5.82 Å². The van der Waals surface area contributed by atoms with E-state index in [0.29, 0.717) is 0 Å². The highest BCUT2D eigenvalue weighted by atomic mass is 79.9. The zero-order chi connectivity index (χ0) is 11.4. The molecule has 3 heteroatoms. The van der Waals surface area contributed by atoms with E-state index < -0.39 is 0 Å². The maximum Gasteiger partial charge on any atom is 0.106 e. The Labute approximate surface area is 107 Å². The van der Waals surface area contributed by atoms with E-state index in [-0.39, 0.29) is 0 Å². The van der Waals surface area contributed by atoms with E-state index in [9.17, 15) is 0 Å². The number of nitrogens with zero attached hydrogens (tertiary/aromatic N) is 2. The van der Waals surface area contributed by atoms with Gasteiger partial charge < -0.3 is 4.57 Å². The number of unbranched alkanes of at least 4 members (excludes halogenated alkanes) is 2. The van der Waals surface area contributed by atoms with Gasteiger partial charge in [-0.25, -0.2) is 4.98 Å². The fraction of sp³-hybridized carbons (Fsp3) is 0.769. The molecule has 90 valence electrons. The molecule has 1 aromatic rings. The lowest BCUT2D eigenvalue weighted by atomic mass is 10.0. The molecule has 0 bridgehead atoms. The smallest absolute Gasteiger partial charge is 0.106 e. The van der Waals surface area contributed by atoms with E-state index in [1.165, 1.54) is 68.7 Å². The molecular weight excluding hydrogens is 264 g/mol. The molecule has 16 heavy (non-hydrogen) atoms. The van der Waals surface area contributed by atoms with Crippen LogP contribution in [0.2, 0.25) is 0 Å². The van der Waals surface area contributed by atoms with Crippen molar-refractivity contribution >= 4 is 15.9 Å². The summed E-state index contributed by atoms with van der Waals surface area (Å²) in [5.41, 5.74) is 2.91. The molecule has 0 saturated heterocycles. The first-order valence-electron chi connectivity index (χ1n) is 6.44. The molecule has 2 nitrogen and oxygen atoms in total. The minimum Gasteiger partial charge on any atom is -0.332 e. The second-order valence-corrected chi connectivity index (χ2v) is 5.45. The average Bonchev–Trinajstić information content (AvgIpc) is 2.61. The molecule has 0 unspecified atom stereocenters. The second-order valence-electron chi connectivity index (χ2n) is 4.66. The summed E-state index contributed by atoms with van der Waals surface area (Å²) in [7, 11) is 0. The first kappa shape index (κ1) is 12.2. The van der Waals surface area contributed by atoms with Gasteiger partial charge in [0.05, 0.1) is 5.69 Å². The average molecular weight is 285 g/mol. The van der Waals surface area contributed by atoms with Crippen LogP contribution < -0.4 is 0 Å². The minimum absolute atomic E-state index is 1.13. The Hall–Kier alpha value is -0.310. The summed E-state index contributed by atoms with van der Waals surface area (Å²) < 4.78 is 2.46. The number of aromatic nitrogens is 2. The zero-order valence-corrected chi connectivity index (χ0v) is 11.7. The Bertz CT molecular complexity index is 344. The van der Waals surface area contributed by atoms with E-state index >= 15 is 0 Å². The van der Waals surface area contributed by atoms with Crippen molar-refractivity contribution in [3.8, 4) is 0 Å². The predicted octanol–water partition coefficient (Wildman–Crippen LogP) is 3.64. The van der Waals surface area contributed by atoms with Crippen molar-refractivity contribution in [3.05, 3.63) is 17.2 Å². The molecule has 1 heterocycles.